The fourth-order valence-electron chi connectivity index (χ4n) is 1.63. The van der Waals surface area contributed by atoms with Crippen LogP contribution >= 0.6 is 0 Å². The van der Waals surface area contributed by atoms with Crippen LogP contribution in [0, 0.1) is 5.82 Å². The second-order valence-electron chi connectivity index (χ2n) is 3.51. The van der Waals surface area contributed by atoms with Crippen LogP contribution in [0.15, 0.2) is 30.3 Å². The quantitative estimate of drug-likeness (QED) is 0.735. The van der Waals surface area contributed by atoms with Crippen LogP contribution < -0.4 is 0 Å². The van der Waals surface area contributed by atoms with Crippen molar-refractivity contribution in [3.05, 3.63) is 41.8 Å². The van der Waals surface area contributed by atoms with Gasteiger partial charge in [0.2, 0.25) is 0 Å². The van der Waals surface area contributed by atoms with Gasteiger partial charge in [0, 0.05) is 18.3 Å². The van der Waals surface area contributed by atoms with Gasteiger partial charge in [0.25, 0.3) is 0 Å². The summed E-state index contributed by atoms with van der Waals surface area (Å²) in [6.07, 6.45) is 0.929. The van der Waals surface area contributed by atoms with E-state index < -0.39 is 0 Å². The van der Waals surface area contributed by atoms with Crippen molar-refractivity contribution in [3.8, 4) is 11.3 Å². The number of hydrogen-bond acceptors (Lipinski definition) is 1. The summed E-state index contributed by atoms with van der Waals surface area (Å²) >= 11 is 0. The molecule has 0 N–H and O–H groups in total. The minimum Gasteiger partial charge on any atom is -0.272 e. The minimum atomic E-state index is -0.226. The monoisotopic (exact) mass is 204 g/mol. The first kappa shape index (κ1) is 9.90. The van der Waals surface area contributed by atoms with E-state index in [4.69, 9.17) is 0 Å². The second-order valence-corrected chi connectivity index (χ2v) is 3.51. The molecule has 0 saturated carbocycles. The van der Waals surface area contributed by atoms with Gasteiger partial charge in [0.05, 0.1) is 5.69 Å². The Morgan fingerprint density at radius 2 is 2.13 bits per heavy atom. The summed E-state index contributed by atoms with van der Waals surface area (Å²) in [7, 11) is 1.90. The molecular formula is C12H13FN2. The number of nitrogens with zero attached hydrogens (tertiary/aromatic N) is 2. The molecule has 0 saturated heterocycles. The van der Waals surface area contributed by atoms with E-state index in [-0.39, 0.29) is 5.82 Å². The first-order chi connectivity index (χ1) is 7.20. The summed E-state index contributed by atoms with van der Waals surface area (Å²) in [6.45, 7) is 2.08. The topological polar surface area (TPSA) is 17.8 Å². The van der Waals surface area contributed by atoms with Gasteiger partial charge in [-0.3, -0.25) is 4.68 Å². The van der Waals surface area contributed by atoms with Gasteiger partial charge in [0.1, 0.15) is 5.82 Å². The van der Waals surface area contributed by atoms with E-state index in [0.717, 1.165) is 23.4 Å². The van der Waals surface area contributed by atoms with Gasteiger partial charge in [-0.25, -0.2) is 4.39 Å². The molecule has 0 bridgehead atoms. The minimum absolute atomic E-state index is 0.226. The lowest BCUT2D eigenvalue weighted by Crippen LogP contribution is -1.95. The molecule has 3 heteroatoms. The lowest BCUT2D eigenvalue weighted by atomic mass is 10.1. The van der Waals surface area contributed by atoms with Crippen LogP contribution in [0.2, 0.25) is 0 Å². The van der Waals surface area contributed by atoms with Crippen molar-refractivity contribution < 1.29 is 4.39 Å². The average molecular weight is 204 g/mol. The van der Waals surface area contributed by atoms with Crippen molar-refractivity contribution in [2.24, 2.45) is 7.05 Å². The third-order valence-corrected chi connectivity index (χ3v) is 2.46. The smallest absolute Gasteiger partial charge is 0.123 e. The molecule has 0 aliphatic heterocycles. The number of rotatable bonds is 2. The Balaban J connectivity index is 2.45. The van der Waals surface area contributed by atoms with E-state index >= 15 is 0 Å². The molecule has 2 rings (SSSR count). The maximum absolute atomic E-state index is 13.0. The zero-order valence-electron chi connectivity index (χ0n) is 8.87. The summed E-state index contributed by atoms with van der Waals surface area (Å²) in [5, 5.41) is 4.34. The van der Waals surface area contributed by atoms with Crippen molar-refractivity contribution in [2.75, 3.05) is 0 Å². The van der Waals surface area contributed by atoms with Gasteiger partial charge in [-0.2, -0.15) is 5.10 Å². The van der Waals surface area contributed by atoms with Gasteiger partial charge in [-0.05, 0) is 24.6 Å². The maximum atomic E-state index is 13.0. The Morgan fingerprint density at radius 3 is 2.73 bits per heavy atom. The Bertz CT molecular complexity index is 474. The predicted molar refractivity (Wildman–Crippen MR) is 58.0 cm³/mol. The van der Waals surface area contributed by atoms with Crippen molar-refractivity contribution in [3.63, 3.8) is 0 Å². The Labute approximate surface area is 88.4 Å². The molecule has 15 heavy (non-hydrogen) atoms. The molecule has 2 nitrogen and oxygen atoms in total. The third kappa shape index (κ3) is 1.91. The molecule has 1 heterocycles. The van der Waals surface area contributed by atoms with Gasteiger partial charge in [-0.1, -0.05) is 19.1 Å². The Kier molecular flexibility index (Phi) is 2.54. The molecule has 78 valence electrons. The number of hydrogen-bond donors (Lipinski definition) is 0. The zero-order chi connectivity index (χ0) is 10.8. The molecule has 0 fully saturated rings. The molecule has 0 radical (unpaired) electrons. The summed E-state index contributed by atoms with van der Waals surface area (Å²) in [4.78, 5) is 0. The van der Waals surface area contributed by atoms with Gasteiger partial charge in [-0.15, -0.1) is 0 Å². The second kappa shape index (κ2) is 3.85. The van der Waals surface area contributed by atoms with Crippen LogP contribution in [0.5, 0.6) is 0 Å². The van der Waals surface area contributed by atoms with E-state index in [2.05, 4.69) is 12.0 Å². The van der Waals surface area contributed by atoms with E-state index in [0.29, 0.717) is 0 Å². The molecule has 0 atom stereocenters. The van der Waals surface area contributed by atoms with Crippen molar-refractivity contribution in [2.45, 2.75) is 13.3 Å². The van der Waals surface area contributed by atoms with Crippen molar-refractivity contribution >= 4 is 0 Å². The van der Waals surface area contributed by atoms with Crippen LogP contribution in [0.4, 0.5) is 4.39 Å². The van der Waals surface area contributed by atoms with E-state index in [1.54, 1.807) is 6.07 Å². The highest BCUT2D eigenvalue weighted by atomic mass is 19.1. The standard InChI is InChI=1S/C12H13FN2/c1-3-11-8-12(14-15(11)2)9-5-4-6-10(13)7-9/h4-8H,3H2,1-2H3. The molecule has 0 unspecified atom stereocenters. The van der Waals surface area contributed by atoms with Crippen molar-refractivity contribution in [1.29, 1.82) is 0 Å². The Morgan fingerprint density at radius 1 is 1.33 bits per heavy atom. The summed E-state index contributed by atoms with van der Waals surface area (Å²) in [6, 6.07) is 8.50. The first-order valence-corrected chi connectivity index (χ1v) is 4.99. The van der Waals surface area contributed by atoms with Gasteiger partial charge in [0.15, 0.2) is 0 Å². The largest absolute Gasteiger partial charge is 0.272 e. The van der Waals surface area contributed by atoms with Crippen molar-refractivity contribution in [1.82, 2.24) is 9.78 Å². The van der Waals surface area contributed by atoms with E-state index in [1.807, 2.05) is 23.9 Å². The van der Waals surface area contributed by atoms with Crippen LogP contribution in [0.1, 0.15) is 12.6 Å². The fraction of sp³-hybridized carbons (Fsp3) is 0.250. The molecular weight excluding hydrogens is 191 g/mol. The third-order valence-electron chi connectivity index (χ3n) is 2.46. The first-order valence-electron chi connectivity index (χ1n) is 4.99. The highest BCUT2D eigenvalue weighted by Gasteiger charge is 2.05. The SMILES string of the molecule is CCc1cc(-c2cccc(F)c2)nn1C. The summed E-state index contributed by atoms with van der Waals surface area (Å²) in [5.74, 6) is -0.226. The average Bonchev–Trinajstić information content (AvgIpc) is 2.60. The highest BCUT2D eigenvalue weighted by Crippen LogP contribution is 2.19. The van der Waals surface area contributed by atoms with Crippen LogP contribution in [0.3, 0.4) is 0 Å². The molecule has 1 aromatic carbocycles. The highest BCUT2D eigenvalue weighted by molar-refractivity contribution is 5.59. The molecule has 1 aromatic heterocycles. The van der Waals surface area contributed by atoms with E-state index in [1.165, 1.54) is 12.1 Å². The number of aromatic nitrogens is 2. The molecule has 2 aromatic rings. The van der Waals surface area contributed by atoms with Gasteiger partial charge < -0.3 is 0 Å². The lowest BCUT2D eigenvalue weighted by Gasteiger charge is -1.95. The van der Waals surface area contributed by atoms with Crippen LogP contribution in [-0.4, -0.2) is 9.78 Å². The maximum Gasteiger partial charge on any atom is 0.123 e. The number of halogens is 1. The molecule has 0 aliphatic rings. The number of benzene rings is 1. The van der Waals surface area contributed by atoms with Gasteiger partial charge >= 0.3 is 0 Å². The summed E-state index contributed by atoms with van der Waals surface area (Å²) in [5.41, 5.74) is 2.80. The molecule has 0 aliphatic carbocycles. The Hall–Kier alpha value is -1.64. The van der Waals surface area contributed by atoms with E-state index in [9.17, 15) is 4.39 Å². The lowest BCUT2D eigenvalue weighted by molar-refractivity contribution is 0.628. The molecule has 0 spiro atoms. The summed E-state index contributed by atoms with van der Waals surface area (Å²) < 4.78 is 14.8. The normalized spacial score (nSPS) is 10.6. The molecule has 0 amide bonds. The fourth-order valence-corrected chi connectivity index (χ4v) is 1.63. The van der Waals surface area contributed by atoms with Crippen LogP contribution in [0.25, 0.3) is 11.3 Å². The number of aryl methyl sites for hydroxylation is 2. The predicted octanol–water partition coefficient (Wildman–Crippen LogP) is 2.79. The van der Waals surface area contributed by atoms with Crippen LogP contribution in [-0.2, 0) is 13.5 Å². The zero-order valence-corrected chi connectivity index (χ0v) is 8.87.